The van der Waals surface area contributed by atoms with Crippen LogP contribution in [0.1, 0.15) is 19.8 Å². The SMILES string of the molecule is CNc1cn2ccnc2c(NC2CC(C)C2)n1. The second-order valence-corrected chi connectivity index (χ2v) is 4.80. The fraction of sp³-hybridized carbons (Fsp3) is 0.500. The molecule has 90 valence electrons. The molecule has 0 saturated heterocycles. The van der Waals surface area contributed by atoms with Gasteiger partial charge in [0, 0.05) is 25.5 Å². The molecular formula is C12H17N5. The maximum absolute atomic E-state index is 4.53. The maximum atomic E-state index is 4.53. The summed E-state index contributed by atoms with van der Waals surface area (Å²) in [6.45, 7) is 2.28. The molecule has 2 aromatic heterocycles. The minimum absolute atomic E-state index is 0.546. The smallest absolute Gasteiger partial charge is 0.180 e. The highest BCUT2D eigenvalue weighted by atomic mass is 15.1. The van der Waals surface area contributed by atoms with E-state index >= 15 is 0 Å². The van der Waals surface area contributed by atoms with Crippen LogP contribution in [0.2, 0.25) is 0 Å². The number of hydrogen-bond acceptors (Lipinski definition) is 4. The molecule has 2 aromatic rings. The third kappa shape index (κ3) is 1.81. The van der Waals surface area contributed by atoms with Gasteiger partial charge in [0.15, 0.2) is 11.5 Å². The number of anilines is 2. The second-order valence-electron chi connectivity index (χ2n) is 4.80. The molecule has 0 spiro atoms. The van der Waals surface area contributed by atoms with E-state index in [1.807, 2.05) is 23.8 Å². The Morgan fingerprint density at radius 3 is 2.94 bits per heavy atom. The average Bonchev–Trinajstić information content (AvgIpc) is 2.74. The summed E-state index contributed by atoms with van der Waals surface area (Å²) in [6.07, 6.45) is 8.12. The minimum atomic E-state index is 0.546. The summed E-state index contributed by atoms with van der Waals surface area (Å²) in [5, 5.41) is 6.55. The monoisotopic (exact) mass is 231 g/mol. The van der Waals surface area contributed by atoms with Crippen molar-refractivity contribution in [2.24, 2.45) is 5.92 Å². The molecule has 0 radical (unpaired) electrons. The zero-order chi connectivity index (χ0) is 11.8. The fourth-order valence-corrected chi connectivity index (χ4v) is 2.36. The van der Waals surface area contributed by atoms with Gasteiger partial charge in [0.2, 0.25) is 0 Å². The van der Waals surface area contributed by atoms with E-state index < -0.39 is 0 Å². The summed E-state index contributed by atoms with van der Waals surface area (Å²) in [4.78, 5) is 8.87. The second kappa shape index (κ2) is 3.91. The number of imidazole rings is 1. The first kappa shape index (κ1) is 10.4. The fourth-order valence-electron chi connectivity index (χ4n) is 2.36. The van der Waals surface area contributed by atoms with Gasteiger partial charge >= 0.3 is 0 Å². The molecule has 2 N–H and O–H groups in total. The van der Waals surface area contributed by atoms with E-state index in [9.17, 15) is 0 Å². The molecule has 1 aliphatic rings. The third-order valence-corrected chi connectivity index (χ3v) is 3.34. The van der Waals surface area contributed by atoms with Crippen molar-refractivity contribution >= 4 is 17.3 Å². The van der Waals surface area contributed by atoms with Crippen LogP contribution in [0.3, 0.4) is 0 Å². The Balaban J connectivity index is 1.93. The minimum Gasteiger partial charge on any atom is -0.372 e. The Morgan fingerprint density at radius 2 is 2.24 bits per heavy atom. The zero-order valence-corrected chi connectivity index (χ0v) is 10.1. The van der Waals surface area contributed by atoms with Gasteiger partial charge in [-0.2, -0.15) is 0 Å². The van der Waals surface area contributed by atoms with E-state index in [-0.39, 0.29) is 0 Å². The highest BCUT2D eigenvalue weighted by Gasteiger charge is 2.26. The van der Waals surface area contributed by atoms with Gasteiger partial charge in [-0.25, -0.2) is 9.97 Å². The summed E-state index contributed by atoms with van der Waals surface area (Å²) >= 11 is 0. The largest absolute Gasteiger partial charge is 0.372 e. The highest BCUT2D eigenvalue weighted by molar-refractivity contribution is 5.65. The molecule has 0 bridgehead atoms. The Bertz CT molecular complexity index is 527. The van der Waals surface area contributed by atoms with E-state index in [2.05, 4.69) is 27.5 Å². The van der Waals surface area contributed by atoms with Crippen LogP contribution in [-0.2, 0) is 0 Å². The molecule has 1 fully saturated rings. The van der Waals surface area contributed by atoms with Crippen molar-refractivity contribution < 1.29 is 0 Å². The molecule has 2 heterocycles. The maximum Gasteiger partial charge on any atom is 0.180 e. The van der Waals surface area contributed by atoms with Crippen LogP contribution < -0.4 is 10.6 Å². The van der Waals surface area contributed by atoms with Crippen LogP contribution in [0.4, 0.5) is 11.6 Å². The number of nitrogens with zero attached hydrogens (tertiary/aromatic N) is 3. The first-order valence-corrected chi connectivity index (χ1v) is 6.04. The zero-order valence-electron chi connectivity index (χ0n) is 10.1. The Labute approximate surface area is 100 Å². The predicted molar refractivity (Wildman–Crippen MR) is 68.3 cm³/mol. The van der Waals surface area contributed by atoms with Crippen LogP contribution in [-0.4, -0.2) is 27.5 Å². The van der Waals surface area contributed by atoms with E-state index in [1.54, 1.807) is 6.20 Å². The van der Waals surface area contributed by atoms with Crippen LogP contribution >= 0.6 is 0 Å². The summed E-state index contributed by atoms with van der Waals surface area (Å²) in [5.74, 6) is 2.56. The van der Waals surface area contributed by atoms with Gasteiger partial charge in [0.1, 0.15) is 5.82 Å². The summed E-state index contributed by atoms with van der Waals surface area (Å²) in [7, 11) is 1.88. The molecule has 0 unspecified atom stereocenters. The van der Waals surface area contributed by atoms with Crippen LogP contribution in [0, 0.1) is 5.92 Å². The number of aromatic nitrogens is 3. The molecule has 3 rings (SSSR count). The lowest BCUT2D eigenvalue weighted by atomic mass is 9.82. The van der Waals surface area contributed by atoms with E-state index in [0.717, 1.165) is 23.2 Å². The summed E-state index contributed by atoms with van der Waals surface area (Å²) in [6, 6.07) is 0.546. The quantitative estimate of drug-likeness (QED) is 0.848. The van der Waals surface area contributed by atoms with Gasteiger partial charge in [-0.1, -0.05) is 6.92 Å². The number of nitrogens with one attached hydrogen (secondary N) is 2. The van der Waals surface area contributed by atoms with Gasteiger partial charge in [0.25, 0.3) is 0 Å². The first-order valence-electron chi connectivity index (χ1n) is 6.04. The highest BCUT2D eigenvalue weighted by Crippen LogP contribution is 2.30. The Morgan fingerprint density at radius 1 is 1.41 bits per heavy atom. The lowest BCUT2D eigenvalue weighted by molar-refractivity contribution is 0.308. The number of rotatable bonds is 3. The van der Waals surface area contributed by atoms with Crippen LogP contribution in [0.25, 0.3) is 5.65 Å². The van der Waals surface area contributed by atoms with Gasteiger partial charge in [-0.3, -0.25) is 0 Å². The van der Waals surface area contributed by atoms with Crippen molar-refractivity contribution in [1.82, 2.24) is 14.4 Å². The normalized spacial score (nSPS) is 23.4. The van der Waals surface area contributed by atoms with Crippen molar-refractivity contribution in [3.63, 3.8) is 0 Å². The molecular weight excluding hydrogens is 214 g/mol. The van der Waals surface area contributed by atoms with E-state index in [1.165, 1.54) is 12.8 Å². The molecule has 1 saturated carbocycles. The lowest BCUT2D eigenvalue weighted by Crippen LogP contribution is -2.34. The third-order valence-electron chi connectivity index (χ3n) is 3.34. The molecule has 5 nitrogen and oxygen atoms in total. The summed E-state index contributed by atoms with van der Waals surface area (Å²) in [5.41, 5.74) is 0.892. The summed E-state index contributed by atoms with van der Waals surface area (Å²) < 4.78 is 1.99. The topological polar surface area (TPSA) is 54.2 Å². The van der Waals surface area contributed by atoms with Crippen molar-refractivity contribution in [3.8, 4) is 0 Å². The van der Waals surface area contributed by atoms with Crippen LogP contribution in [0.5, 0.6) is 0 Å². The van der Waals surface area contributed by atoms with Gasteiger partial charge < -0.3 is 15.0 Å². The van der Waals surface area contributed by atoms with Crippen molar-refractivity contribution in [3.05, 3.63) is 18.6 Å². The molecule has 5 heteroatoms. The molecule has 0 aliphatic heterocycles. The van der Waals surface area contributed by atoms with E-state index in [0.29, 0.717) is 6.04 Å². The molecule has 0 atom stereocenters. The Hall–Kier alpha value is -1.78. The molecule has 0 aromatic carbocycles. The number of hydrogen-bond donors (Lipinski definition) is 2. The van der Waals surface area contributed by atoms with Gasteiger partial charge in [0.05, 0.1) is 6.20 Å². The predicted octanol–water partition coefficient (Wildman–Crippen LogP) is 1.98. The first-order chi connectivity index (χ1) is 8.26. The standard InChI is InChI=1S/C12H17N5/c1-8-5-9(6-8)15-11-12-14-3-4-17(12)7-10(13-2)16-11/h3-4,7-9,13H,5-6H2,1-2H3,(H,15,16). The van der Waals surface area contributed by atoms with Crippen molar-refractivity contribution in [2.75, 3.05) is 17.7 Å². The van der Waals surface area contributed by atoms with Crippen LogP contribution in [0.15, 0.2) is 18.6 Å². The molecule has 17 heavy (non-hydrogen) atoms. The van der Waals surface area contributed by atoms with Crippen molar-refractivity contribution in [2.45, 2.75) is 25.8 Å². The molecule has 0 amide bonds. The van der Waals surface area contributed by atoms with Crippen molar-refractivity contribution in [1.29, 1.82) is 0 Å². The number of fused-ring (bicyclic) bond motifs is 1. The van der Waals surface area contributed by atoms with Gasteiger partial charge in [-0.15, -0.1) is 0 Å². The average molecular weight is 231 g/mol. The Kier molecular flexibility index (Phi) is 2.39. The lowest BCUT2D eigenvalue weighted by Gasteiger charge is -2.33. The van der Waals surface area contributed by atoms with E-state index in [4.69, 9.17) is 0 Å². The van der Waals surface area contributed by atoms with Gasteiger partial charge in [-0.05, 0) is 18.8 Å². The molecule has 1 aliphatic carbocycles.